The number of primary amides is 1. The molecular formula is C14H27NO. The molecule has 0 spiro atoms. The molecule has 0 radical (unpaired) electrons. The van der Waals surface area contributed by atoms with Crippen LogP contribution in [0.15, 0.2) is 0 Å². The molecule has 1 unspecified atom stereocenters. The monoisotopic (exact) mass is 225 g/mol. The Morgan fingerprint density at radius 1 is 1.25 bits per heavy atom. The molecule has 1 atom stereocenters. The molecule has 1 rings (SSSR count). The molecule has 1 amide bonds. The zero-order valence-corrected chi connectivity index (χ0v) is 10.9. The predicted octanol–water partition coefficient (Wildman–Crippen LogP) is 3.49. The molecule has 1 aliphatic carbocycles. The normalized spacial score (nSPS) is 27.6. The lowest BCUT2D eigenvalue weighted by Gasteiger charge is -2.28. The van der Waals surface area contributed by atoms with Gasteiger partial charge in [-0.25, -0.2) is 0 Å². The first-order valence-electron chi connectivity index (χ1n) is 6.90. The molecule has 2 heteroatoms. The summed E-state index contributed by atoms with van der Waals surface area (Å²) >= 11 is 0. The minimum atomic E-state index is -0.122. The number of rotatable bonds is 6. The lowest BCUT2D eigenvalue weighted by Crippen LogP contribution is -2.21. The van der Waals surface area contributed by atoms with Crippen LogP contribution in [0.4, 0.5) is 0 Å². The fourth-order valence-electron chi connectivity index (χ4n) is 2.73. The maximum absolute atomic E-state index is 10.8. The Kier molecular flexibility index (Phi) is 5.86. The number of nitrogens with two attached hydrogens (primary N) is 1. The second-order valence-corrected chi connectivity index (χ2v) is 5.65. The molecule has 2 N–H and O–H groups in total. The highest BCUT2D eigenvalue weighted by Crippen LogP contribution is 2.33. The molecule has 0 heterocycles. The lowest BCUT2D eigenvalue weighted by molar-refractivity contribution is -0.119. The number of hydrogen-bond acceptors (Lipinski definition) is 1. The van der Waals surface area contributed by atoms with E-state index in [2.05, 4.69) is 13.8 Å². The van der Waals surface area contributed by atoms with Crippen molar-refractivity contribution in [1.29, 1.82) is 0 Å². The first kappa shape index (κ1) is 13.5. The van der Waals surface area contributed by atoms with Gasteiger partial charge < -0.3 is 5.73 Å². The second-order valence-electron chi connectivity index (χ2n) is 5.65. The highest BCUT2D eigenvalue weighted by atomic mass is 16.1. The van der Waals surface area contributed by atoms with Gasteiger partial charge in [-0.15, -0.1) is 0 Å². The smallest absolute Gasteiger partial charge is 0.217 e. The molecule has 0 saturated heterocycles. The molecule has 0 aliphatic heterocycles. The molecule has 1 saturated carbocycles. The van der Waals surface area contributed by atoms with Gasteiger partial charge in [-0.05, 0) is 30.6 Å². The zero-order chi connectivity index (χ0) is 12.0. The molecule has 2 nitrogen and oxygen atoms in total. The van der Waals surface area contributed by atoms with E-state index in [4.69, 9.17) is 5.73 Å². The van der Waals surface area contributed by atoms with Gasteiger partial charge in [0.05, 0.1) is 0 Å². The predicted molar refractivity (Wildman–Crippen MR) is 67.9 cm³/mol. The van der Waals surface area contributed by atoms with Gasteiger partial charge in [-0.1, -0.05) is 46.0 Å². The van der Waals surface area contributed by atoms with Crippen molar-refractivity contribution in [2.75, 3.05) is 0 Å². The van der Waals surface area contributed by atoms with E-state index < -0.39 is 0 Å². The van der Waals surface area contributed by atoms with E-state index in [1.54, 1.807) is 0 Å². The average Bonchev–Trinajstić information content (AvgIpc) is 2.27. The Hall–Kier alpha value is -0.530. The molecule has 0 aromatic rings. The zero-order valence-electron chi connectivity index (χ0n) is 10.9. The minimum Gasteiger partial charge on any atom is -0.370 e. The van der Waals surface area contributed by atoms with Crippen molar-refractivity contribution >= 4 is 5.91 Å². The van der Waals surface area contributed by atoms with Gasteiger partial charge in [0, 0.05) is 6.42 Å². The minimum absolute atomic E-state index is 0.122. The number of carbonyl (C=O) groups excluding carboxylic acids is 1. The molecular weight excluding hydrogens is 198 g/mol. The number of amides is 1. The van der Waals surface area contributed by atoms with Crippen molar-refractivity contribution in [2.45, 2.75) is 65.2 Å². The molecule has 0 aromatic carbocycles. The van der Waals surface area contributed by atoms with Crippen LogP contribution in [0.1, 0.15) is 65.2 Å². The van der Waals surface area contributed by atoms with E-state index in [9.17, 15) is 4.79 Å². The van der Waals surface area contributed by atoms with Crippen LogP contribution in [0.25, 0.3) is 0 Å². The Morgan fingerprint density at radius 2 is 1.81 bits per heavy atom. The first-order valence-corrected chi connectivity index (χ1v) is 6.90. The molecule has 0 bridgehead atoms. The Morgan fingerprint density at radius 3 is 2.31 bits per heavy atom. The van der Waals surface area contributed by atoms with Crippen LogP contribution in [0.3, 0.4) is 0 Å². The number of carbonyl (C=O) groups is 1. The Bertz CT molecular complexity index is 207. The van der Waals surface area contributed by atoms with Crippen LogP contribution in [0.5, 0.6) is 0 Å². The summed E-state index contributed by atoms with van der Waals surface area (Å²) in [6.45, 7) is 4.62. The van der Waals surface area contributed by atoms with Crippen molar-refractivity contribution in [3.05, 3.63) is 0 Å². The van der Waals surface area contributed by atoms with E-state index in [1.807, 2.05) is 0 Å². The lowest BCUT2D eigenvalue weighted by atomic mass is 9.78. The van der Waals surface area contributed by atoms with E-state index in [0.717, 1.165) is 11.8 Å². The molecule has 16 heavy (non-hydrogen) atoms. The Labute approximate surface area is 100.0 Å². The van der Waals surface area contributed by atoms with E-state index in [1.165, 1.54) is 44.9 Å². The molecule has 1 aliphatic rings. The van der Waals surface area contributed by atoms with Crippen LogP contribution in [0.2, 0.25) is 0 Å². The summed E-state index contributed by atoms with van der Waals surface area (Å²) in [5, 5.41) is 0. The maximum Gasteiger partial charge on any atom is 0.217 e. The van der Waals surface area contributed by atoms with Gasteiger partial charge in [0.25, 0.3) is 0 Å². The topological polar surface area (TPSA) is 43.1 Å². The largest absolute Gasteiger partial charge is 0.370 e. The number of hydrogen-bond donors (Lipinski definition) is 1. The van der Waals surface area contributed by atoms with Crippen molar-refractivity contribution in [1.82, 2.24) is 0 Å². The third kappa shape index (κ3) is 5.00. The van der Waals surface area contributed by atoms with Gasteiger partial charge in [0.15, 0.2) is 0 Å². The summed E-state index contributed by atoms with van der Waals surface area (Å²) in [6.07, 6.45) is 9.74. The van der Waals surface area contributed by atoms with E-state index >= 15 is 0 Å². The summed E-state index contributed by atoms with van der Waals surface area (Å²) in [4.78, 5) is 10.8. The van der Waals surface area contributed by atoms with Gasteiger partial charge in [0.2, 0.25) is 5.91 Å². The van der Waals surface area contributed by atoms with Crippen molar-refractivity contribution < 1.29 is 4.79 Å². The van der Waals surface area contributed by atoms with Gasteiger partial charge >= 0.3 is 0 Å². The summed E-state index contributed by atoms with van der Waals surface area (Å²) < 4.78 is 0. The highest BCUT2D eigenvalue weighted by molar-refractivity contribution is 5.73. The highest BCUT2D eigenvalue weighted by Gasteiger charge is 2.22. The van der Waals surface area contributed by atoms with Gasteiger partial charge in [0.1, 0.15) is 0 Å². The summed E-state index contributed by atoms with van der Waals surface area (Å²) in [5.74, 6) is 2.25. The van der Waals surface area contributed by atoms with E-state index in [-0.39, 0.29) is 5.91 Å². The fourth-order valence-corrected chi connectivity index (χ4v) is 2.73. The third-order valence-corrected chi connectivity index (χ3v) is 4.22. The van der Waals surface area contributed by atoms with Crippen LogP contribution in [0, 0.1) is 17.8 Å². The average molecular weight is 225 g/mol. The van der Waals surface area contributed by atoms with Crippen molar-refractivity contribution in [2.24, 2.45) is 23.5 Å². The standard InChI is InChI=1S/C14H27NO/c1-3-11(2)4-5-12-6-8-13(9-7-12)10-14(15)16/h11-13H,3-10H2,1-2H3,(H2,15,16)/t11?,12-,13+. The van der Waals surface area contributed by atoms with E-state index in [0.29, 0.717) is 12.3 Å². The van der Waals surface area contributed by atoms with Gasteiger partial charge in [-0.3, -0.25) is 4.79 Å². The summed E-state index contributed by atoms with van der Waals surface area (Å²) in [5.41, 5.74) is 5.24. The molecule has 1 fully saturated rings. The van der Waals surface area contributed by atoms with Crippen LogP contribution in [-0.4, -0.2) is 5.91 Å². The SMILES string of the molecule is CCC(C)CC[C@H]1CC[C@@H](CC(N)=O)CC1. The van der Waals surface area contributed by atoms with Crippen LogP contribution in [-0.2, 0) is 4.79 Å². The maximum atomic E-state index is 10.8. The molecule has 0 aromatic heterocycles. The Balaban J connectivity index is 2.14. The summed E-state index contributed by atoms with van der Waals surface area (Å²) in [7, 11) is 0. The fraction of sp³-hybridized carbons (Fsp3) is 0.929. The third-order valence-electron chi connectivity index (χ3n) is 4.22. The van der Waals surface area contributed by atoms with Crippen LogP contribution >= 0.6 is 0 Å². The quantitative estimate of drug-likeness (QED) is 0.738. The van der Waals surface area contributed by atoms with Crippen molar-refractivity contribution in [3.8, 4) is 0 Å². The van der Waals surface area contributed by atoms with Crippen molar-refractivity contribution in [3.63, 3.8) is 0 Å². The molecule has 94 valence electrons. The first-order chi connectivity index (χ1) is 7.61. The second kappa shape index (κ2) is 6.93. The van der Waals surface area contributed by atoms with Gasteiger partial charge in [-0.2, -0.15) is 0 Å². The van der Waals surface area contributed by atoms with Crippen LogP contribution < -0.4 is 5.73 Å². The summed E-state index contributed by atoms with van der Waals surface area (Å²) in [6, 6.07) is 0.